The molecular formula is C21H18N2O5S. The van der Waals surface area contributed by atoms with E-state index in [1.54, 1.807) is 48.5 Å². The van der Waals surface area contributed by atoms with Crippen LogP contribution < -0.4 is 15.2 Å². The summed E-state index contributed by atoms with van der Waals surface area (Å²) in [5.41, 5.74) is 1.52. The number of rotatable bonds is 7. The summed E-state index contributed by atoms with van der Waals surface area (Å²) in [5, 5.41) is 7.61. The van der Waals surface area contributed by atoms with Crippen molar-refractivity contribution in [2.75, 3.05) is 11.9 Å². The minimum absolute atomic E-state index is 0.0445. The number of carbonyl (C=O) groups is 2. The van der Waals surface area contributed by atoms with E-state index in [0.717, 1.165) is 0 Å². The van der Waals surface area contributed by atoms with Crippen molar-refractivity contribution in [2.45, 2.75) is 4.90 Å². The topological polar surface area (TPSA) is 116 Å². The molecule has 0 heterocycles. The van der Waals surface area contributed by atoms with Gasteiger partial charge in [-0.1, -0.05) is 30.3 Å². The number of sulfonamides is 1. The summed E-state index contributed by atoms with van der Waals surface area (Å²) in [6.45, 7) is -0.247. The van der Waals surface area contributed by atoms with Gasteiger partial charge < -0.3 is 10.1 Å². The monoisotopic (exact) mass is 410 g/mol. The lowest BCUT2D eigenvalue weighted by Crippen LogP contribution is -2.20. The molecule has 3 N–H and O–H groups in total. The lowest BCUT2D eigenvalue weighted by molar-refractivity contribution is -0.118. The van der Waals surface area contributed by atoms with Crippen LogP contribution in [0.1, 0.15) is 15.9 Å². The smallest absolute Gasteiger partial charge is 0.262 e. The second kappa shape index (κ2) is 8.68. The largest absolute Gasteiger partial charge is 0.484 e. The lowest BCUT2D eigenvalue weighted by Gasteiger charge is -2.09. The lowest BCUT2D eigenvalue weighted by atomic mass is 10.0. The highest BCUT2D eigenvalue weighted by Gasteiger charge is 2.10. The number of hydrogen-bond acceptors (Lipinski definition) is 5. The van der Waals surface area contributed by atoms with Gasteiger partial charge in [0.1, 0.15) is 5.75 Å². The molecule has 0 spiro atoms. The van der Waals surface area contributed by atoms with Crippen molar-refractivity contribution in [3.05, 3.63) is 90.0 Å². The van der Waals surface area contributed by atoms with Crippen molar-refractivity contribution in [1.29, 1.82) is 0 Å². The van der Waals surface area contributed by atoms with Gasteiger partial charge in [-0.15, -0.1) is 0 Å². The van der Waals surface area contributed by atoms with E-state index in [1.165, 1.54) is 24.3 Å². The first-order valence-corrected chi connectivity index (χ1v) is 10.1. The van der Waals surface area contributed by atoms with Crippen LogP contribution in [-0.2, 0) is 14.8 Å². The molecule has 3 aromatic carbocycles. The molecule has 0 unspecified atom stereocenters. The van der Waals surface area contributed by atoms with Gasteiger partial charge in [0.05, 0.1) is 4.90 Å². The van der Waals surface area contributed by atoms with Gasteiger partial charge in [-0.25, -0.2) is 13.6 Å². The maximum Gasteiger partial charge on any atom is 0.262 e. The first kappa shape index (κ1) is 20.2. The molecule has 8 heteroatoms. The SMILES string of the molecule is NS(=O)(=O)c1ccc(NC(=O)COc2ccc(C(=O)c3ccccc3)cc2)cc1. The maximum absolute atomic E-state index is 12.4. The number of nitrogens with two attached hydrogens (primary N) is 1. The third kappa shape index (κ3) is 5.50. The summed E-state index contributed by atoms with van der Waals surface area (Å²) >= 11 is 0. The number of anilines is 1. The van der Waals surface area contributed by atoms with Gasteiger partial charge in [-0.2, -0.15) is 0 Å². The number of primary sulfonamides is 1. The minimum atomic E-state index is -3.78. The quantitative estimate of drug-likeness (QED) is 0.581. The molecule has 0 radical (unpaired) electrons. The molecule has 0 aliphatic carbocycles. The summed E-state index contributed by atoms with van der Waals surface area (Å²) in [7, 11) is -3.78. The van der Waals surface area contributed by atoms with Gasteiger partial charge in [0, 0.05) is 16.8 Å². The minimum Gasteiger partial charge on any atom is -0.484 e. The van der Waals surface area contributed by atoms with Crippen molar-refractivity contribution in [2.24, 2.45) is 5.14 Å². The van der Waals surface area contributed by atoms with Gasteiger partial charge >= 0.3 is 0 Å². The predicted octanol–water partition coefficient (Wildman–Crippen LogP) is 2.58. The molecular weight excluding hydrogens is 392 g/mol. The fourth-order valence-corrected chi connectivity index (χ4v) is 3.05. The number of ether oxygens (including phenoxy) is 1. The number of ketones is 1. The number of amides is 1. The van der Waals surface area contributed by atoms with Gasteiger partial charge in [0.25, 0.3) is 5.91 Å². The van der Waals surface area contributed by atoms with Gasteiger partial charge in [0.2, 0.25) is 10.0 Å². The van der Waals surface area contributed by atoms with Gasteiger partial charge in [0.15, 0.2) is 12.4 Å². The van der Waals surface area contributed by atoms with Crippen molar-refractivity contribution >= 4 is 27.4 Å². The zero-order chi connectivity index (χ0) is 20.9. The summed E-state index contributed by atoms with van der Waals surface area (Å²) in [4.78, 5) is 24.3. The van der Waals surface area contributed by atoms with E-state index < -0.39 is 15.9 Å². The molecule has 29 heavy (non-hydrogen) atoms. The molecule has 0 bridgehead atoms. The first-order valence-electron chi connectivity index (χ1n) is 8.58. The molecule has 0 atom stereocenters. The van der Waals surface area contributed by atoms with Crippen molar-refractivity contribution in [3.63, 3.8) is 0 Å². The van der Waals surface area contributed by atoms with E-state index >= 15 is 0 Å². The molecule has 148 valence electrons. The molecule has 3 aromatic rings. The Kier molecular flexibility index (Phi) is 6.06. The standard InChI is InChI=1S/C21H18N2O5S/c22-29(26,27)19-12-8-17(9-13-19)23-20(24)14-28-18-10-6-16(7-11-18)21(25)15-4-2-1-3-5-15/h1-13H,14H2,(H,23,24)(H2,22,26,27). The number of carbonyl (C=O) groups excluding carboxylic acids is 2. The fraction of sp³-hybridized carbons (Fsp3) is 0.0476. The van der Waals surface area contributed by atoms with E-state index in [0.29, 0.717) is 22.6 Å². The Bertz CT molecular complexity index is 1110. The highest BCUT2D eigenvalue weighted by atomic mass is 32.2. The maximum atomic E-state index is 12.4. The molecule has 0 saturated heterocycles. The predicted molar refractivity (Wildman–Crippen MR) is 108 cm³/mol. The average molecular weight is 410 g/mol. The van der Waals surface area contributed by atoms with Crippen LogP contribution >= 0.6 is 0 Å². The van der Waals surface area contributed by atoms with Crippen LogP contribution in [-0.4, -0.2) is 26.7 Å². The van der Waals surface area contributed by atoms with Crippen LogP contribution in [0.15, 0.2) is 83.8 Å². The summed E-state index contributed by atoms with van der Waals surface area (Å²) in [5.74, 6) is -0.0787. The molecule has 0 aromatic heterocycles. The van der Waals surface area contributed by atoms with Crippen LogP contribution in [0.25, 0.3) is 0 Å². The van der Waals surface area contributed by atoms with Crippen molar-refractivity contribution in [3.8, 4) is 5.75 Å². The third-order valence-electron chi connectivity index (χ3n) is 3.99. The molecule has 0 fully saturated rings. The Morgan fingerprint density at radius 1 is 0.828 bits per heavy atom. The molecule has 3 rings (SSSR count). The average Bonchev–Trinajstić information content (AvgIpc) is 2.72. The van der Waals surface area contributed by atoms with Crippen molar-refractivity contribution in [1.82, 2.24) is 0 Å². The van der Waals surface area contributed by atoms with Crippen LogP contribution in [0.5, 0.6) is 5.75 Å². The molecule has 7 nitrogen and oxygen atoms in total. The Labute approximate surface area is 168 Å². The third-order valence-corrected chi connectivity index (χ3v) is 4.92. The Morgan fingerprint density at radius 3 is 2.00 bits per heavy atom. The zero-order valence-corrected chi connectivity index (χ0v) is 16.1. The van der Waals surface area contributed by atoms with Crippen LogP contribution in [0.3, 0.4) is 0 Å². The first-order chi connectivity index (χ1) is 13.8. The summed E-state index contributed by atoms with van der Waals surface area (Å²) in [6.07, 6.45) is 0. The Morgan fingerprint density at radius 2 is 1.41 bits per heavy atom. The van der Waals surface area contributed by atoms with Crippen molar-refractivity contribution < 1.29 is 22.7 Å². The fourth-order valence-electron chi connectivity index (χ4n) is 2.53. The zero-order valence-electron chi connectivity index (χ0n) is 15.2. The van der Waals surface area contributed by atoms with Gasteiger partial charge in [-0.3, -0.25) is 9.59 Å². The van der Waals surface area contributed by atoms with E-state index in [2.05, 4.69) is 5.32 Å². The van der Waals surface area contributed by atoms with Gasteiger partial charge in [-0.05, 0) is 48.5 Å². The second-order valence-corrected chi connectivity index (χ2v) is 7.69. The van der Waals surface area contributed by atoms with E-state index in [4.69, 9.17) is 9.88 Å². The highest BCUT2D eigenvalue weighted by Crippen LogP contribution is 2.16. The summed E-state index contributed by atoms with van der Waals surface area (Å²) in [6, 6.07) is 20.9. The number of nitrogens with one attached hydrogen (secondary N) is 1. The summed E-state index contributed by atoms with van der Waals surface area (Å²) < 4.78 is 27.9. The molecule has 0 aliphatic heterocycles. The normalized spacial score (nSPS) is 10.9. The van der Waals surface area contributed by atoms with Crippen LogP contribution in [0.2, 0.25) is 0 Å². The van der Waals surface area contributed by atoms with Crippen LogP contribution in [0.4, 0.5) is 5.69 Å². The van der Waals surface area contributed by atoms with E-state index in [-0.39, 0.29) is 17.3 Å². The molecule has 0 aliphatic rings. The Hall–Kier alpha value is -3.49. The Balaban J connectivity index is 1.54. The highest BCUT2D eigenvalue weighted by molar-refractivity contribution is 7.89. The second-order valence-electron chi connectivity index (χ2n) is 6.13. The number of hydrogen-bond donors (Lipinski definition) is 2. The van der Waals surface area contributed by atoms with Crippen LogP contribution in [0, 0.1) is 0 Å². The van der Waals surface area contributed by atoms with E-state index in [9.17, 15) is 18.0 Å². The molecule has 1 amide bonds. The molecule has 0 saturated carbocycles. The number of benzene rings is 3. The van der Waals surface area contributed by atoms with E-state index in [1.807, 2.05) is 6.07 Å².